The topological polar surface area (TPSA) is 40.7 Å². The van der Waals surface area contributed by atoms with E-state index < -0.39 is 0 Å². The zero-order valence-electron chi connectivity index (χ0n) is 10.3. The zero-order valence-corrected chi connectivity index (χ0v) is 10.3. The Balaban J connectivity index is 2.04. The van der Waals surface area contributed by atoms with Gasteiger partial charge in [-0.15, -0.1) is 0 Å². The normalized spacial score (nSPS) is 10.6. The number of rotatable bonds is 3. The summed E-state index contributed by atoms with van der Waals surface area (Å²) in [4.78, 5) is 7.53. The van der Waals surface area contributed by atoms with Gasteiger partial charge in [-0.05, 0) is 38.5 Å². The average molecular weight is 233 g/mol. The molecular weight excluding hydrogens is 217 g/mol. The van der Waals surface area contributed by atoms with Gasteiger partial charge in [0.2, 0.25) is 0 Å². The second-order valence-corrected chi connectivity index (χ2v) is 4.21. The van der Waals surface area contributed by atoms with Crippen molar-refractivity contribution in [1.29, 1.82) is 0 Å². The predicted octanol–water partition coefficient (Wildman–Crippen LogP) is 3.09. The molecule has 0 atom stereocenters. The third-order valence-corrected chi connectivity index (χ3v) is 2.81. The van der Waals surface area contributed by atoms with Gasteiger partial charge in [-0.25, -0.2) is 9.37 Å². The Morgan fingerprint density at radius 3 is 2.65 bits per heavy atom. The SMILES string of the molecule is Cc1ccc(NCc2nc(C)c(C)[nH]2)cc1F. The molecule has 2 N–H and O–H groups in total. The number of aromatic nitrogens is 2. The van der Waals surface area contributed by atoms with Crippen LogP contribution in [0.15, 0.2) is 18.2 Å². The molecule has 17 heavy (non-hydrogen) atoms. The summed E-state index contributed by atoms with van der Waals surface area (Å²) in [5.74, 6) is 0.669. The van der Waals surface area contributed by atoms with Crippen molar-refractivity contribution < 1.29 is 4.39 Å². The van der Waals surface area contributed by atoms with Gasteiger partial charge in [0.1, 0.15) is 11.6 Å². The molecule has 0 bridgehead atoms. The van der Waals surface area contributed by atoms with E-state index in [0.717, 1.165) is 22.9 Å². The number of nitrogens with zero attached hydrogens (tertiary/aromatic N) is 1. The van der Waals surface area contributed by atoms with Crippen molar-refractivity contribution in [2.24, 2.45) is 0 Å². The van der Waals surface area contributed by atoms with E-state index in [4.69, 9.17) is 0 Å². The summed E-state index contributed by atoms with van der Waals surface area (Å²) in [6.45, 7) is 6.26. The minimum Gasteiger partial charge on any atom is -0.378 e. The van der Waals surface area contributed by atoms with E-state index in [-0.39, 0.29) is 5.82 Å². The van der Waals surface area contributed by atoms with Gasteiger partial charge < -0.3 is 10.3 Å². The number of H-pyrrole nitrogens is 1. The van der Waals surface area contributed by atoms with Crippen LogP contribution in [0.5, 0.6) is 0 Å². The van der Waals surface area contributed by atoms with Crippen molar-refractivity contribution in [2.75, 3.05) is 5.32 Å². The van der Waals surface area contributed by atoms with E-state index in [1.165, 1.54) is 6.07 Å². The van der Waals surface area contributed by atoms with Gasteiger partial charge in [0.15, 0.2) is 0 Å². The van der Waals surface area contributed by atoms with Crippen LogP contribution in [0.25, 0.3) is 0 Å². The molecule has 2 aromatic rings. The smallest absolute Gasteiger partial charge is 0.128 e. The Labute approximate surface area is 100 Å². The third-order valence-electron chi connectivity index (χ3n) is 2.81. The van der Waals surface area contributed by atoms with E-state index >= 15 is 0 Å². The van der Waals surface area contributed by atoms with Crippen molar-refractivity contribution in [1.82, 2.24) is 9.97 Å². The summed E-state index contributed by atoms with van der Waals surface area (Å²) in [6, 6.07) is 5.12. The number of aryl methyl sites for hydroxylation is 3. The van der Waals surface area contributed by atoms with E-state index in [2.05, 4.69) is 15.3 Å². The highest BCUT2D eigenvalue weighted by molar-refractivity contribution is 5.45. The van der Waals surface area contributed by atoms with Gasteiger partial charge in [0, 0.05) is 11.4 Å². The van der Waals surface area contributed by atoms with E-state index in [0.29, 0.717) is 12.1 Å². The largest absolute Gasteiger partial charge is 0.378 e. The van der Waals surface area contributed by atoms with Gasteiger partial charge >= 0.3 is 0 Å². The highest BCUT2D eigenvalue weighted by Gasteiger charge is 2.03. The van der Waals surface area contributed by atoms with Crippen LogP contribution in [-0.2, 0) is 6.54 Å². The lowest BCUT2D eigenvalue weighted by atomic mass is 10.2. The average Bonchev–Trinajstić information content (AvgIpc) is 2.60. The molecule has 0 amide bonds. The van der Waals surface area contributed by atoms with E-state index in [9.17, 15) is 4.39 Å². The molecular formula is C13H16FN3. The van der Waals surface area contributed by atoms with Crippen LogP contribution >= 0.6 is 0 Å². The minimum atomic E-state index is -0.193. The first-order valence-electron chi connectivity index (χ1n) is 5.58. The summed E-state index contributed by atoms with van der Waals surface area (Å²) in [5, 5.41) is 3.14. The van der Waals surface area contributed by atoms with Crippen molar-refractivity contribution in [2.45, 2.75) is 27.3 Å². The summed E-state index contributed by atoms with van der Waals surface area (Å²) in [7, 11) is 0. The number of hydrogen-bond acceptors (Lipinski definition) is 2. The summed E-state index contributed by atoms with van der Waals surface area (Å²) >= 11 is 0. The summed E-state index contributed by atoms with van der Waals surface area (Å²) in [5.41, 5.74) is 3.48. The van der Waals surface area contributed by atoms with Gasteiger partial charge in [0.25, 0.3) is 0 Å². The first-order chi connectivity index (χ1) is 8.06. The predicted molar refractivity (Wildman–Crippen MR) is 66.5 cm³/mol. The first kappa shape index (κ1) is 11.6. The van der Waals surface area contributed by atoms with Crippen LogP contribution in [0.3, 0.4) is 0 Å². The fourth-order valence-corrected chi connectivity index (χ4v) is 1.59. The fourth-order valence-electron chi connectivity index (χ4n) is 1.59. The van der Waals surface area contributed by atoms with Gasteiger partial charge in [-0.1, -0.05) is 6.07 Å². The van der Waals surface area contributed by atoms with Crippen molar-refractivity contribution in [3.05, 3.63) is 46.8 Å². The Morgan fingerprint density at radius 2 is 2.06 bits per heavy atom. The molecule has 1 aromatic carbocycles. The van der Waals surface area contributed by atoms with Gasteiger partial charge in [0.05, 0.1) is 12.2 Å². The highest BCUT2D eigenvalue weighted by Crippen LogP contribution is 2.14. The Bertz CT molecular complexity index is 512. The first-order valence-corrected chi connectivity index (χ1v) is 5.58. The maximum atomic E-state index is 13.3. The molecule has 0 aliphatic rings. The van der Waals surface area contributed by atoms with Crippen molar-refractivity contribution in [3.8, 4) is 0 Å². The maximum Gasteiger partial charge on any atom is 0.128 e. The van der Waals surface area contributed by atoms with Crippen molar-refractivity contribution >= 4 is 5.69 Å². The number of nitrogens with one attached hydrogen (secondary N) is 2. The summed E-state index contributed by atoms with van der Waals surface area (Å²) in [6.07, 6.45) is 0. The molecule has 90 valence electrons. The Morgan fingerprint density at radius 1 is 1.29 bits per heavy atom. The maximum absolute atomic E-state index is 13.3. The second kappa shape index (κ2) is 4.57. The second-order valence-electron chi connectivity index (χ2n) is 4.21. The van der Waals surface area contributed by atoms with Crippen LogP contribution in [-0.4, -0.2) is 9.97 Å². The number of aromatic amines is 1. The van der Waals surface area contributed by atoms with Gasteiger partial charge in [-0.3, -0.25) is 0 Å². The molecule has 1 aromatic heterocycles. The molecule has 0 fully saturated rings. The zero-order chi connectivity index (χ0) is 12.4. The molecule has 3 nitrogen and oxygen atoms in total. The highest BCUT2D eigenvalue weighted by atomic mass is 19.1. The molecule has 0 aliphatic heterocycles. The number of halogens is 1. The number of imidazole rings is 1. The number of anilines is 1. The molecule has 0 radical (unpaired) electrons. The van der Waals surface area contributed by atoms with Crippen LogP contribution in [0, 0.1) is 26.6 Å². The molecule has 0 saturated carbocycles. The van der Waals surface area contributed by atoms with E-state index in [1.54, 1.807) is 13.0 Å². The van der Waals surface area contributed by atoms with Crippen LogP contribution in [0.1, 0.15) is 22.8 Å². The van der Waals surface area contributed by atoms with Gasteiger partial charge in [-0.2, -0.15) is 0 Å². The standard InChI is InChI=1S/C13H16FN3/c1-8-4-5-11(6-12(8)14)15-7-13-16-9(2)10(3)17-13/h4-6,15H,7H2,1-3H3,(H,16,17). The lowest BCUT2D eigenvalue weighted by Crippen LogP contribution is -2.01. The summed E-state index contributed by atoms with van der Waals surface area (Å²) < 4.78 is 13.3. The molecule has 2 rings (SSSR count). The van der Waals surface area contributed by atoms with Crippen molar-refractivity contribution in [3.63, 3.8) is 0 Å². The minimum absolute atomic E-state index is 0.193. The fraction of sp³-hybridized carbons (Fsp3) is 0.308. The Hall–Kier alpha value is -1.84. The Kier molecular flexibility index (Phi) is 3.13. The number of hydrogen-bond donors (Lipinski definition) is 2. The lowest BCUT2D eigenvalue weighted by molar-refractivity contribution is 0.619. The molecule has 0 saturated heterocycles. The third kappa shape index (κ3) is 2.64. The molecule has 0 aliphatic carbocycles. The molecule has 1 heterocycles. The quantitative estimate of drug-likeness (QED) is 0.855. The lowest BCUT2D eigenvalue weighted by Gasteiger charge is -2.05. The van der Waals surface area contributed by atoms with Crippen LogP contribution in [0.4, 0.5) is 10.1 Å². The molecule has 0 spiro atoms. The van der Waals surface area contributed by atoms with Crippen LogP contribution in [0.2, 0.25) is 0 Å². The monoisotopic (exact) mass is 233 g/mol. The molecule has 4 heteroatoms. The number of benzene rings is 1. The van der Waals surface area contributed by atoms with Crippen LogP contribution < -0.4 is 5.32 Å². The van der Waals surface area contributed by atoms with E-state index in [1.807, 2.05) is 19.9 Å². The molecule has 0 unspecified atom stereocenters.